The van der Waals surface area contributed by atoms with Gasteiger partial charge in [-0.05, 0) is 37.0 Å². The molecule has 0 spiro atoms. The van der Waals surface area contributed by atoms with E-state index in [-0.39, 0.29) is 5.91 Å². The van der Waals surface area contributed by atoms with E-state index in [4.69, 9.17) is 14.5 Å². The molecule has 0 saturated carbocycles. The number of nitrogens with one attached hydrogen (secondary N) is 2. The standard InChI is InChI=1S/C23H39N5O3/c1-5-24-23(26-11-10-19(2)20-6-8-21(31-4)9-7-20)28-15-13-27(14-16-28)18-22(29)25-12-17-30-3/h6-9,19H,5,10-18H2,1-4H3,(H,24,26)(H,25,29). The Balaban J connectivity index is 1.79. The number of hydrogen-bond acceptors (Lipinski definition) is 5. The van der Waals surface area contributed by atoms with Crippen molar-refractivity contribution in [3.8, 4) is 5.75 Å². The molecule has 1 aliphatic rings. The predicted octanol–water partition coefficient (Wildman–Crippen LogP) is 1.53. The third-order valence-corrected chi connectivity index (χ3v) is 5.51. The molecular formula is C23H39N5O3. The van der Waals surface area contributed by atoms with Gasteiger partial charge in [0.1, 0.15) is 5.75 Å². The molecule has 1 unspecified atom stereocenters. The van der Waals surface area contributed by atoms with Gasteiger partial charge >= 0.3 is 0 Å². The van der Waals surface area contributed by atoms with Crippen LogP contribution in [-0.4, -0.2) is 94.9 Å². The molecule has 8 nitrogen and oxygen atoms in total. The Hall–Kier alpha value is -2.32. The molecule has 1 aromatic carbocycles. The zero-order valence-electron chi connectivity index (χ0n) is 19.5. The minimum atomic E-state index is 0.0543. The first-order chi connectivity index (χ1) is 15.1. The Labute approximate surface area is 187 Å². The number of carbonyl (C=O) groups excluding carboxylic acids is 1. The second-order valence-electron chi connectivity index (χ2n) is 7.80. The summed E-state index contributed by atoms with van der Waals surface area (Å²) in [4.78, 5) is 21.3. The second-order valence-corrected chi connectivity index (χ2v) is 7.80. The third-order valence-electron chi connectivity index (χ3n) is 5.51. The number of nitrogens with zero attached hydrogens (tertiary/aromatic N) is 3. The number of carbonyl (C=O) groups is 1. The first kappa shape index (κ1) is 24.9. The molecule has 174 valence electrons. The number of amides is 1. The van der Waals surface area contributed by atoms with Gasteiger partial charge in [-0.2, -0.15) is 0 Å². The van der Waals surface area contributed by atoms with Crippen molar-refractivity contribution in [1.29, 1.82) is 0 Å². The van der Waals surface area contributed by atoms with E-state index >= 15 is 0 Å². The van der Waals surface area contributed by atoms with Crippen LogP contribution in [0, 0.1) is 0 Å². The number of aliphatic imine (C=N–C) groups is 1. The van der Waals surface area contributed by atoms with Crippen LogP contribution in [0.25, 0.3) is 0 Å². The summed E-state index contributed by atoms with van der Waals surface area (Å²) < 4.78 is 10.2. The Bertz CT molecular complexity index is 672. The maximum atomic E-state index is 12.0. The molecule has 1 aliphatic heterocycles. The van der Waals surface area contributed by atoms with Gasteiger partial charge in [0.2, 0.25) is 5.91 Å². The highest BCUT2D eigenvalue weighted by atomic mass is 16.5. The van der Waals surface area contributed by atoms with E-state index in [1.807, 2.05) is 12.1 Å². The molecule has 1 amide bonds. The number of methoxy groups -OCH3 is 2. The SMILES string of the molecule is CCNC(=NCCC(C)c1ccc(OC)cc1)N1CCN(CC(=O)NCCOC)CC1. The zero-order chi connectivity index (χ0) is 22.5. The van der Waals surface area contributed by atoms with Crippen molar-refractivity contribution < 1.29 is 14.3 Å². The van der Waals surface area contributed by atoms with Crippen molar-refractivity contribution in [2.75, 3.05) is 73.2 Å². The number of hydrogen-bond donors (Lipinski definition) is 2. The van der Waals surface area contributed by atoms with E-state index < -0.39 is 0 Å². The molecule has 8 heteroatoms. The van der Waals surface area contributed by atoms with Gasteiger partial charge in [-0.15, -0.1) is 0 Å². The van der Waals surface area contributed by atoms with Crippen LogP contribution in [0.15, 0.2) is 29.3 Å². The number of guanidine groups is 1. The minimum Gasteiger partial charge on any atom is -0.497 e. The van der Waals surface area contributed by atoms with Gasteiger partial charge in [-0.25, -0.2) is 0 Å². The summed E-state index contributed by atoms with van der Waals surface area (Å²) in [6.07, 6.45) is 0.989. The maximum Gasteiger partial charge on any atom is 0.234 e. The van der Waals surface area contributed by atoms with E-state index in [9.17, 15) is 4.79 Å². The molecule has 31 heavy (non-hydrogen) atoms. The molecule has 1 aromatic rings. The summed E-state index contributed by atoms with van der Waals surface area (Å²) in [6.45, 7) is 10.9. The molecule has 0 bridgehead atoms. The molecule has 1 atom stereocenters. The van der Waals surface area contributed by atoms with Gasteiger partial charge in [0.25, 0.3) is 0 Å². The van der Waals surface area contributed by atoms with Crippen molar-refractivity contribution >= 4 is 11.9 Å². The zero-order valence-corrected chi connectivity index (χ0v) is 19.5. The predicted molar refractivity (Wildman–Crippen MR) is 125 cm³/mol. The van der Waals surface area contributed by atoms with Gasteiger partial charge in [0, 0.05) is 52.9 Å². The van der Waals surface area contributed by atoms with E-state index in [2.05, 4.69) is 46.4 Å². The third kappa shape index (κ3) is 8.75. The molecule has 0 aromatic heterocycles. The summed E-state index contributed by atoms with van der Waals surface area (Å²) in [5, 5.41) is 6.30. The van der Waals surface area contributed by atoms with Gasteiger partial charge < -0.3 is 25.0 Å². The summed E-state index contributed by atoms with van der Waals surface area (Å²) in [6, 6.07) is 8.28. The molecule has 2 N–H and O–H groups in total. The highest BCUT2D eigenvalue weighted by Crippen LogP contribution is 2.21. The lowest BCUT2D eigenvalue weighted by Crippen LogP contribution is -2.54. The van der Waals surface area contributed by atoms with Crippen LogP contribution in [0.3, 0.4) is 0 Å². The van der Waals surface area contributed by atoms with E-state index in [0.717, 1.165) is 57.4 Å². The number of benzene rings is 1. The summed E-state index contributed by atoms with van der Waals surface area (Å²) in [5.41, 5.74) is 1.30. The first-order valence-electron chi connectivity index (χ1n) is 11.2. The molecule has 0 aliphatic carbocycles. The smallest absolute Gasteiger partial charge is 0.234 e. The largest absolute Gasteiger partial charge is 0.497 e. The van der Waals surface area contributed by atoms with Gasteiger partial charge in [0.05, 0.1) is 20.3 Å². The molecule has 1 saturated heterocycles. The lowest BCUT2D eigenvalue weighted by Gasteiger charge is -2.36. The lowest BCUT2D eigenvalue weighted by atomic mass is 9.98. The summed E-state index contributed by atoms with van der Waals surface area (Å²) >= 11 is 0. The van der Waals surface area contributed by atoms with Crippen molar-refractivity contribution in [3.05, 3.63) is 29.8 Å². The van der Waals surface area contributed by atoms with Crippen LogP contribution in [0.5, 0.6) is 5.75 Å². The highest BCUT2D eigenvalue weighted by molar-refractivity contribution is 5.80. The first-order valence-corrected chi connectivity index (χ1v) is 11.2. The summed E-state index contributed by atoms with van der Waals surface area (Å²) in [5.74, 6) is 2.34. The maximum absolute atomic E-state index is 12.0. The van der Waals surface area contributed by atoms with Gasteiger partial charge in [0.15, 0.2) is 5.96 Å². The fourth-order valence-corrected chi connectivity index (χ4v) is 3.56. The van der Waals surface area contributed by atoms with E-state index in [1.165, 1.54) is 5.56 Å². The monoisotopic (exact) mass is 433 g/mol. The van der Waals surface area contributed by atoms with Gasteiger partial charge in [-0.1, -0.05) is 19.1 Å². The summed E-state index contributed by atoms with van der Waals surface area (Å²) in [7, 11) is 3.32. The van der Waals surface area contributed by atoms with E-state index in [0.29, 0.717) is 25.6 Å². The fourth-order valence-electron chi connectivity index (χ4n) is 3.56. The average molecular weight is 434 g/mol. The molecule has 1 fully saturated rings. The number of piperazine rings is 1. The molecule has 2 rings (SSSR count). The average Bonchev–Trinajstić information content (AvgIpc) is 2.79. The number of rotatable bonds is 11. The molecule has 1 heterocycles. The van der Waals surface area contributed by atoms with Crippen LogP contribution in [0.2, 0.25) is 0 Å². The normalized spacial score (nSPS) is 16.1. The topological polar surface area (TPSA) is 78.4 Å². The Kier molecular flexibility index (Phi) is 11.2. The van der Waals surface area contributed by atoms with Crippen molar-refractivity contribution in [2.24, 2.45) is 4.99 Å². The van der Waals surface area contributed by atoms with Crippen LogP contribution < -0.4 is 15.4 Å². The minimum absolute atomic E-state index is 0.0543. The highest BCUT2D eigenvalue weighted by Gasteiger charge is 2.21. The van der Waals surface area contributed by atoms with Gasteiger partial charge in [-0.3, -0.25) is 14.7 Å². The van der Waals surface area contributed by atoms with E-state index in [1.54, 1.807) is 14.2 Å². The van der Waals surface area contributed by atoms with Crippen LogP contribution >= 0.6 is 0 Å². The Morgan fingerprint density at radius 1 is 1.13 bits per heavy atom. The molecular weight excluding hydrogens is 394 g/mol. The van der Waals surface area contributed by atoms with Crippen LogP contribution in [-0.2, 0) is 9.53 Å². The van der Waals surface area contributed by atoms with Crippen LogP contribution in [0.4, 0.5) is 0 Å². The quantitative estimate of drug-likeness (QED) is 0.313. The van der Waals surface area contributed by atoms with Crippen molar-refractivity contribution in [1.82, 2.24) is 20.4 Å². The molecule has 0 radical (unpaired) electrons. The lowest BCUT2D eigenvalue weighted by molar-refractivity contribution is -0.122. The second kappa shape index (κ2) is 13.9. The number of ether oxygens (including phenoxy) is 2. The fraction of sp³-hybridized carbons (Fsp3) is 0.652. The Morgan fingerprint density at radius 2 is 1.84 bits per heavy atom. The van der Waals surface area contributed by atoms with Crippen molar-refractivity contribution in [3.63, 3.8) is 0 Å². The Morgan fingerprint density at radius 3 is 2.45 bits per heavy atom. The van der Waals surface area contributed by atoms with Crippen LogP contribution in [0.1, 0.15) is 31.7 Å². The van der Waals surface area contributed by atoms with Crippen molar-refractivity contribution in [2.45, 2.75) is 26.2 Å².